The summed E-state index contributed by atoms with van der Waals surface area (Å²) in [6.45, 7) is 0.807. The number of nitrogens with one attached hydrogen (secondary N) is 2. The Labute approximate surface area is 215 Å². The summed E-state index contributed by atoms with van der Waals surface area (Å²) in [5, 5.41) is 23.6. The van der Waals surface area contributed by atoms with Crippen LogP contribution in [0.4, 0.5) is 0 Å². The molecule has 15 heteroatoms. The molecule has 0 aromatic heterocycles. The van der Waals surface area contributed by atoms with E-state index in [-0.39, 0.29) is 38.3 Å². The molecule has 1 rings (SSSR count). The molecule has 15 nitrogen and oxygen atoms in total. The topological polar surface area (TPSA) is 270 Å². The number of likely N-dealkylation sites (tertiary alicyclic amines) is 1. The number of rotatable bonds is 17. The summed E-state index contributed by atoms with van der Waals surface area (Å²) in [5.41, 5.74) is 22.0. The van der Waals surface area contributed by atoms with Crippen LogP contribution in [0.1, 0.15) is 57.8 Å². The Balaban J connectivity index is 3.02. The van der Waals surface area contributed by atoms with Crippen LogP contribution in [0.25, 0.3) is 0 Å². The van der Waals surface area contributed by atoms with Crippen LogP contribution in [0.3, 0.4) is 0 Å². The number of amides is 3. The lowest BCUT2D eigenvalue weighted by Gasteiger charge is -2.28. The van der Waals surface area contributed by atoms with Crippen LogP contribution in [0.5, 0.6) is 0 Å². The maximum atomic E-state index is 13.2. The Morgan fingerprint density at radius 1 is 0.946 bits per heavy atom. The van der Waals surface area contributed by atoms with Gasteiger partial charge < -0.3 is 48.7 Å². The Morgan fingerprint density at radius 3 is 2.22 bits per heavy atom. The Hall–Kier alpha value is -3.46. The molecule has 12 N–H and O–H groups in total. The van der Waals surface area contributed by atoms with E-state index in [4.69, 9.17) is 28.0 Å². The summed E-state index contributed by atoms with van der Waals surface area (Å²) in [7, 11) is 0. The molecule has 1 aliphatic heterocycles. The molecular weight excluding hydrogens is 488 g/mol. The molecule has 37 heavy (non-hydrogen) atoms. The number of aliphatic carboxylic acids is 2. The third-order valence-electron chi connectivity index (χ3n) is 5.97. The number of carboxylic acid groups (broad SMARTS) is 2. The van der Waals surface area contributed by atoms with Gasteiger partial charge in [0.1, 0.15) is 18.1 Å². The molecule has 0 saturated carbocycles. The third kappa shape index (κ3) is 11.4. The molecular formula is C22H40N8O7. The predicted octanol–water partition coefficient (Wildman–Crippen LogP) is -2.59. The smallest absolute Gasteiger partial charge is 0.326 e. The van der Waals surface area contributed by atoms with Gasteiger partial charge in [0, 0.05) is 19.5 Å². The first-order chi connectivity index (χ1) is 17.5. The fourth-order valence-corrected chi connectivity index (χ4v) is 3.98. The highest BCUT2D eigenvalue weighted by Gasteiger charge is 2.38. The van der Waals surface area contributed by atoms with Gasteiger partial charge >= 0.3 is 11.9 Å². The average molecular weight is 529 g/mol. The summed E-state index contributed by atoms with van der Waals surface area (Å²) in [6.07, 6.45) is 2.11. The molecule has 1 saturated heterocycles. The second-order valence-electron chi connectivity index (χ2n) is 8.92. The number of nitrogens with two attached hydrogens (primary N) is 4. The summed E-state index contributed by atoms with van der Waals surface area (Å²) >= 11 is 0. The van der Waals surface area contributed by atoms with Crippen molar-refractivity contribution in [3.05, 3.63) is 0 Å². The van der Waals surface area contributed by atoms with Crippen molar-refractivity contribution in [2.75, 3.05) is 19.6 Å². The van der Waals surface area contributed by atoms with Crippen molar-refractivity contribution in [1.29, 1.82) is 0 Å². The van der Waals surface area contributed by atoms with Crippen molar-refractivity contribution in [3.8, 4) is 0 Å². The van der Waals surface area contributed by atoms with Crippen LogP contribution in [0, 0.1) is 0 Å². The zero-order valence-electron chi connectivity index (χ0n) is 20.9. The van der Waals surface area contributed by atoms with Crippen molar-refractivity contribution >= 4 is 35.6 Å². The number of unbranched alkanes of at least 4 members (excludes halogenated alkanes) is 1. The maximum Gasteiger partial charge on any atom is 0.326 e. The van der Waals surface area contributed by atoms with Gasteiger partial charge in [-0.05, 0) is 51.5 Å². The average Bonchev–Trinajstić information content (AvgIpc) is 3.33. The SMILES string of the molecule is NCCCCC(N)C(=O)NC(CCCN=C(N)N)C(=O)NC(CCC(=O)O)C(=O)N1CCCC1C(=O)O. The molecule has 0 aromatic rings. The summed E-state index contributed by atoms with van der Waals surface area (Å²) in [4.78, 5) is 66.6. The zero-order chi connectivity index (χ0) is 28.0. The van der Waals surface area contributed by atoms with E-state index in [9.17, 15) is 29.1 Å². The van der Waals surface area contributed by atoms with Crippen LogP contribution >= 0.6 is 0 Å². The normalized spacial score (nSPS) is 17.4. The largest absolute Gasteiger partial charge is 0.481 e. The molecule has 0 aliphatic carbocycles. The van der Waals surface area contributed by atoms with E-state index in [0.29, 0.717) is 38.6 Å². The molecule has 4 atom stereocenters. The predicted molar refractivity (Wildman–Crippen MR) is 134 cm³/mol. The molecule has 1 heterocycles. The van der Waals surface area contributed by atoms with Gasteiger partial charge in [0.05, 0.1) is 6.04 Å². The molecule has 0 aromatic carbocycles. The van der Waals surface area contributed by atoms with E-state index in [2.05, 4.69) is 15.6 Å². The monoisotopic (exact) mass is 528 g/mol. The van der Waals surface area contributed by atoms with Gasteiger partial charge in [-0.3, -0.25) is 24.2 Å². The van der Waals surface area contributed by atoms with Crippen molar-refractivity contribution in [3.63, 3.8) is 0 Å². The molecule has 0 radical (unpaired) electrons. The summed E-state index contributed by atoms with van der Waals surface area (Å²) in [5.74, 6) is -4.50. The van der Waals surface area contributed by atoms with Crippen LogP contribution in [-0.2, 0) is 24.0 Å². The van der Waals surface area contributed by atoms with Gasteiger partial charge in [0.2, 0.25) is 17.7 Å². The van der Waals surface area contributed by atoms with Crippen LogP contribution < -0.4 is 33.6 Å². The van der Waals surface area contributed by atoms with Crippen LogP contribution in [-0.4, -0.2) is 94.5 Å². The number of carbonyl (C=O) groups is 5. The number of hydrogen-bond donors (Lipinski definition) is 8. The number of hydrogen-bond acceptors (Lipinski definition) is 8. The first kappa shape index (κ1) is 31.6. The molecule has 1 aliphatic rings. The Bertz CT molecular complexity index is 834. The first-order valence-corrected chi connectivity index (χ1v) is 12.3. The maximum absolute atomic E-state index is 13.2. The molecule has 0 spiro atoms. The van der Waals surface area contributed by atoms with Crippen molar-refractivity contribution < 1.29 is 34.2 Å². The fraction of sp³-hybridized carbons (Fsp3) is 0.727. The van der Waals surface area contributed by atoms with E-state index < -0.39 is 60.2 Å². The van der Waals surface area contributed by atoms with Crippen LogP contribution in [0.15, 0.2) is 4.99 Å². The highest BCUT2D eigenvalue weighted by Crippen LogP contribution is 2.20. The lowest BCUT2D eigenvalue weighted by atomic mass is 10.0. The minimum atomic E-state index is -1.29. The Kier molecular flexibility index (Phi) is 13.9. The van der Waals surface area contributed by atoms with Crippen LogP contribution in [0.2, 0.25) is 0 Å². The molecule has 0 bridgehead atoms. The van der Waals surface area contributed by atoms with Gasteiger partial charge in [0.25, 0.3) is 0 Å². The molecule has 210 valence electrons. The van der Waals surface area contributed by atoms with Crippen molar-refractivity contribution in [1.82, 2.24) is 15.5 Å². The highest BCUT2D eigenvalue weighted by molar-refractivity contribution is 5.94. The molecule has 3 amide bonds. The quantitative estimate of drug-likeness (QED) is 0.0551. The second kappa shape index (κ2) is 16.3. The minimum absolute atomic E-state index is 0.102. The zero-order valence-corrected chi connectivity index (χ0v) is 20.9. The summed E-state index contributed by atoms with van der Waals surface area (Å²) < 4.78 is 0. The van der Waals surface area contributed by atoms with Gasteiger partial charge in [0.15, 0.2) is 5.96 Å². The third-order valence-corrected chi connectivity index (χ3v) is 5.97. The molecule has 1 fully saturated rings. The Morgan fingerprint density at radius 2 is 1.62 bits per heavy atom. The van der Waals surface area contributed by atoms with Crippen molar-refractivity contribution in [2.45, 2.75) is 82.0 Å². The van der Waals surface area contributed by atoms with E-state index in [1.807, 2.05) is 0 Å². The lowest BCUT2D eigenvalue weighted by molar-refractivity contribution is -0.150. The standard InChI is InChI=1S/C22H40N8O7/c23-10-2-1-5-13(24)18(33)28-14(6-3-11-27-22(25)26)19(34)29-15(8-9-17(31)32)20(35)30-12-4-7-16(30)21(36)37/h13-16H,1-12,23-24H2,(H,28,33)(H,29,34)(H,31,32)(H,36,37)(H4,25,26,27). The fourth-order valence-electron chi connectivity index (χ4n) is 3.98. The highest BCUT2D eigenvalue weighted by atomic mass is 16.4. The van der Waals surface area contributed by atoms with Gasteiger partial charge in [-0.2, -0.15) is 0 Å². The number of carboxylic acids is 2. The van der Waals surface area contributed by atoms with Crippen molar-refractivity contribution in [2.24, 2.45) is 27.9 Å². The first-order valence-electron chi connectivity index (χ1n) is 12.3. The number of nitrogens with zero attached hydrogens (tertiary/aromatic N) is 2. The van der Waals surface area contributed by atoms with Gasteiger partial charge in [-0.15, -0.1) is 0 Å². The minimum Gasteiger partial charge on any atom is -0.481 e. The lowest BCUT2D eigenvalue weighted by Crippen LogP contribution is -2.57. The van der Waals surface area contributed by atoms with E-state index in [1.165, 1.54) is 0 Å². The van der Waals surface area contributed by atoms with Gasteiger partial charge in [-0.25, -0.2) is 4.79 Å². The van der Waals surface area contributed by atoms with Gasteiger partial charge in [-0.1, -0.05) is 6.42 Å². The van der Waals surface area contributed by atoms with E-state index >= 15 is 0 Å². The number of aliphatic imine (C=N–C) groups is 1. The number of guanidine groups is 1. The number of carbonyl (C=O) groups excluding carboxylic acids is 3. The van der Waals surface area contributed by atoms with E-state index in [0.717, 1.165) is 4.90 Å². The summed E-state index contributed by atoms with van der Waals surface area (Å²) in [6, 6.07) is -4.35. The molecule has 4 unspecified atom stereocenters. The van der Waals surface area contributed by atoms with E-state index in [1.54, 1.807) is 0 Å². The second-order valence-corrected chi connectivity index (χ2v) is 8.92.